The summed E-state index contributed by atoms with van der Waals surface area (Å²) in [5.74, 6) is 4.02. The highest BCUT2D eigenvalue weighted by atomic mass is 14.9. The fourth-order valence-corrected chi connectivity index (χ4v) is 5.30. The molecule has 2 N–H and O–H groups in total. The zero-order valence-electron chi connectivity index (χ0n) is 10.8. The van der Waals surface area contributed by atoms with Crippen molar-refractivity contribution in [2.75, 3.05) is 5.73 Å². The summed E-state index contributed by atoms with van der Waals surface area (Å²) in [6.07, 6.45) is 13.4. The van der Waals surface area contributed by atoms with Crippen LogP contribution in [0, 0.1) is 23.2 Å². The summed E-state index contributed by atoms with van der Waals surface area (Å²) in [5.41, 5.74) is 6.87. The Morgan fingerprint density at radius 3 is 2.00 bits per heavy atom. The molecule has 4 saturated carbocycles. The van der Waals surface area contributed by atoms with Crippen LogP contribution in [0.15, 0.2) is 12.4 Å². The van der Waals surface area contributed by atoms with Crippen LogP contribution >= 0.6 is 0 Å². The lowest BCUT2D eigenvalue weighted by molar-refractivity contribution is -0.0531. The molecule has 0 aromatic carbocycles. The van der Waals surface area contributed by atoms with E-state index in [1.54, 1.807) is 12.4 Å². The van der Waals surface area contributed by atoms with E-state index in [2.05, 4.69) is 9.97 Å². The van der Waals surface area contributed by atoms with Crippen LogP contribution in [0.4, 0.5) is 5.69 Å². The van der Waals surface area contributed by atoms with E-state index in [0.717, 1.165) is 30.0 Å². The first-order valence-electron chi connectivity index (χ1n) is 7.27. The molecular weight excluding hydrogens is 222 g/mol. The number of rotatable bonds is 2. The van der Waals surface area contributed by atoms with Gasteiger partial charge in [-0.25, -0.2) is 9.97 Å². The molecule has 0 unspecified atom stereocenters. The average Bonchev–Trinajstić information content (AvgIpc) is 2.30. The lowest BCUT2D eigenvalue weighted by atomic mass is 9.49. The lowest BCUT2D eigenvalue weighted by Crippen LogP contribution is -2.47. The van der Waals surface area contributed by atoms with Gasteiger partial charge in [-0.15, -0.1) is 0 Å². The van der Waals surface area contributed by atoms with Crippen LogP contribution in [-0.2, 0) is 6.42 Å². The number of nitrogens with two attached hydrogens (primary N) is 1. The molecule has 1 aromatic heterocycles. The lowest BCUT2D eigenvalue weighted by Gasteiger charge is -2.56. The van der Waals surface area contributed by atoms with Gasteiger partial charge in [0.1, 0.15) is 5.82 Å². The predicted molar refractivity (Wildman–Crippen MR) is 70.8 cm³/mol. The Bertz CT molecular complexity index is 416. The third-order valence-corrected chi connectivity index (χ3v) is 5.42. The van der Waals surface area contributed by atoms with Gasteiger partial charge in [-0.2, -0.15) is 0 Å². The fraction of sp³-hybridized carbons (Fsp3) is 0.733. The summed E-state index contributed by atoms with van der Waals surface area (Å²) in [6, 6.07) is 0. The van der Waals surface area contributed by atoms with Crippen molar-refractivity contribution in [3.05, 3.63) is 18.2 Å². The highest BCUT2D eigenvalue weighted by Gasteiger charge is 2.50. The van der Waals surface area contributed by atoms with Gasteiger partial charge in [-0.1, -0.05) is 0 Å². The largest absolute Gasteiger partial charge is 0.396 e. The summed E-state index contributed by atoms with van der Waals surface area (Å²) in [5, 5.41) is 0. The highest BCUT2D eigenvalue weighted by molar-refractivity contribution is 5.30. The fourth-order valence-electron chi connectivity index (χ4n) is 5.30. The smallest absolute Gasteiger partial charge is 0.128 e. The van der Waals surface area contributed by atoms with Crippen LogP contribution in [0.25, 0.3) is 0 Å². The summed E-state index contributed by atoms with van der Waals surface area (Å²) in [6.45, 7) is 0. The summed E-state index contributed by atoms with van der Waals surface area (Å²) < 4.78 is 0. The zero-order chi connectivity index (χ0) is 12.2. The number of hydrogen-bond donors (Lipinski definition) is 1. The van der Waals surface area contributed by atoms with Gasteiger partial charge < -0.3 is 5.73 Å². The maximum atomic E-state index is 5.66. The maximum Gasteiger partial charge on any atom is 0.128 e. The molecule has 0 atom stereocenters. The normalized spacial score (nSPS) is 41.2. The van der Waals surface area contributed by atoms with Crippen LogP contribution in [0.1, 0.15) is 44.3 Å². The maximum absolute atomic E-state index is 5.66. The van der Waals surface area contributed by atoms with E-state index in [9.17, 15) is 0 Å². The molecule has 0 radical (unpaired) electrons. The Morgan fingerprint density at radius 2 is 1.50 bits per heavy atom. The topological polar surface area (TPSA) is 51.8 Å². The summed E-state index contributed by atoms with van der Waals surface area (Å²) in [7, 11) is 0. The highest BCUT2D eigenvalue weighted by Crippen LogP contribution is 2.60. The molecule has 3 nitrogen and oxygen atoms in total. The van der Waals surface area contributed by atoms with Gasteiger partial charge >= 0.3 is 0 Å². The number of aromatic nitrogens is 2. The van der Waals surface area contributed by atoms with Crippen molar-refractivity contribution in [2.45, 2.75) is 44.9 Å². The first-order valence-corrected chi connectivity index (χ1v) is 7.27. The predicted octanol–water partition coefficient (Wildman–Crippen LogP) is 2.82. The summed E-state index contributed by atoms with van der Waals surface area (Å²) >= 11 is 0. The second-order valence-corrected chi connectivity index (χ2v) is 7.03. The Labute approximate surface area is 108 Å². The molecule has 0 saturated heterocycles. The molecule has 3 heteroatoms. The first kappa shape index (κ1) is 10.8. The zero-order valence-corrected chi connectivity index (χ0v) is 10.8. The van der Waals surface area contributed by atoms with Crippen LogP contribution < -0.4 is 5.73 Å². The average molecular weight is 243 g/mol. The Balaban J connectivity index is 1.58. The van der Waals surface area contributed by atoms with Crippen molar-refractivity contribution in [1.82, 2.24) is 9.97 Å². The Morgan fingerprint density at radius 1 is 1.00 bits per heavy atom. The molecule has 0 amide bonds. The van der Waals surface area contributed by atoms with Crippen molar-refractivity contribution in [1.29, 1.82) is 0 Å². The first-order chi connectivity index (χ1) is 8.71. The minimum atomic E-state index is 0.533. The molecule has 0 spiro atoms. The standard InChI is InChI=1S/C15H21N3/c16-13-8-17-14(18-9-13)7-15-4-10-1-11(5-15)3-12(2-10)6-15/h8-12H,1-7,16H2. The van der Waals surface area contributed by atoms with Gasteiger partial charge in [0.05, 0.1) is 18.1 Å². The van der Waals surface area contributed by atoms with Gasteiger partial charge in [-0.3, -0.25) is 0 Å². The van der Waals surface area contributed by atoms with E-state index in [0.29, 0.717) is 11.1 Å². The van der Waals surface area contributed by atoms with Crippen LogP contribution in [0.5, 0.6) is 0 Å². The molecule has 4 fully saturated rings. The molecule has 5 rings (SSSR count). The minimum Gasteiger partial charge on any atom is -0.396 e. The van der Waals surface area contributed by atoms with Crippen molar-refractivity contribution in [2.24, 2.45) is 23.2 Å². The molecule has 96 valence electrons. The molecule has 4 aliphatic rings. The molecule has 1 heterocycles. The van der Waals surface area contributed by atoms with E-state index in [-0.39, 0.29) is 0 Å². The number of nitrogens with zero attached hydrogens (tertiary/aromatic N) is 2. The van der Waals surface area contributed by atoms with E-state index in [1.807, 2.05) is 0 Å². The molecule has 18 heavy (non-hydrogen) atoms. The Kier molecular flexibility index (Phi) is 2.21. The van der Waals surface area contributed by atoms with E-state index < -0.39 is 0 Å². The quantitative estimate of drug-likeness (QED) is 0.869. The van der Waals surface area contributed by atoms with E-state index in [4.69, 9.17) is 5.73 Å². The SMILES string of the molecule is Nc1cnc(CC23CC4CC(CC(C4)C2)C3)nc1. The van der Waals surface area contributed by atoms with Gasteiger partial charge in [0.2, 0.25) is 0 Å². The van der Waals surface area contributed by atoms with Gasteiger partial charge in [0.25, 0.3) is 0 Å². The number of nitrogen functional groups attached to an aromatic ring is 1. The van der Waals surface area contributed by atoms with E-state index >= 15 is 0 Å². The van der Waals surface area contributed by atoms with Crippen LogP contribution in [0.2, 0.25) is 0 Å². The van der Waals surface area contributed by atoms with Crippen molar-refractivity contribution in [3.8, 4) is 0 Å². The third-order valence-electron chi connectivity index (χ3n) is 5.42. The van der Waals surface area contributed by atoms with Crippen molar-refractivity contribution < 1.29 is 0 Å². The van der Waals surface area contributed by atoms with Gasteiger partial charge in [-0.05, 0) is 61.7 Å². The van der Waals surface area contributed by atoms with Gasteiger partial charge in [0.15, 0.2) is 0 Å². The van der Waals surface area contributed by atoms with E-state index in [1.165, 1.54) is 38.5 Å². The molecular formula is C15H21N3. The second-order valence-electron chi connectivity index (χ2n) is 7.03. The Hall–Kier alpha value is -1.12. The monoisotopic (exact) mass is 243 g/mol. The molecule has 1 aromatic rings. The van der Waals surface area contributed by atoms with Crippen LogP contribution in [0.3, 0.4) is 0 Å². The van der Waals surface area contributed by atoms with Crippen molar-refractivity contribution in [3.63, 3.8) is 0 Å². The number of hydrogen-bond acceptors (Lipinski definition) is 3. The molecule has 4 aliphatic carbocycles. The minimum absolute atomic E-state index is 0.533. The summed E-state index contributed by atoms with van der Waals surface area (Å²) in [4.78, 5) is 8.84. The number of anilines is 1. The second kappa shape index (κ2) is 3.69. The van der Waals surface area contributed by atoms with Crippen LogP contribution in [-0.4, -0.2) is 9.97 Å². The van der Waals surface area contributed by atoms with Gasteiger partial charge in [0, 0.05) is 6.42 Å². The molecule has 0 aliphatic heterocycles. The third kappa shape index (κ3) is 1.72. The molecule has 4 bridgehead atoms. The van der Waals surface area contributed by atoms with Crippen molar-refractivity contribution >= 4 is 5.69 Å².